The van der Waals surface area contributed by atoms with E-state index in [9.17, 15) is 9.18 Å². The van der Waals surface area contributed by atoms with E-state index in [1.165, 1.54) is 19.1 Å². The topological polar surface area (TPSA) is 78.9 Å². The van der Waals surface area contributed by atoms with Crippen molar-refractivity contribution in [2.45, 2.75) is 20.3 Å². The second kappa shape index (κ2) is 8.94. The molecule has 1 amide bonds. The van der Waals surface area contributed by atoms with Gasteiger partial charge in [0.1, 0.15) is 11.6 Å². The Kier molecular flexibility index (Phi) is 6.16. The summed E-state index contributed by atoms with van der Waals surface area (Å²) in [5.74, 6) is 0.805. The summed E-state index contributed by atoms with van der Waals surface area (Å²) < 4.78 is 13.0. The van der Waals surface area contributed by atoms with Crippen LogP contribution in [0.1, 0.15) is 18.2 Å². The van der Waals surface area contributed by atoms with Gasteiger partial charge in [0.05, 0.1) is 0 Å². The first-order valence-corrected chi connectivity index (χ1v) is 8.96. The summed E-state index contributed by atoms with van der Waals surface area (Å²) in [7, 11) is 0. The highest BCUT2D eigenvalue weighted by Gasteiger charge is 2.04. The van der Waals surface area contributed by atoms with Crippen LogP contribution in [-0.4, -0.2) is 22.4 Å². The van der Waals surface area contributed by atoms with E-state index in [4.69, 9.17) is 0 Å². The third kappa shape index (κ3) is 5.77. The van der Waals surface area contributed by atoms with Crippen LogP contribution in [0.15, 0.2) is 54.6 Å². The summed E-state index contributed by atoms with van der Waals surface area (Å²) in [5, 5.41) is 9.18. The van der Waals surface area contributed by atoms with Crippen molar-refractivity contribution in [1.82, 2.24) is 9.97 Å². The summed E-state index contributed by atoms with van der Waals surface area (Å²) >= 11 is 0. The van der Waals surface area contributed by atoms with Crippen LogP contribution in [0.4, 0.5) is 27.5 Å². The van der Waals surface area contributed by atoms with Crippen molar-refractivity contribution < 1.29 is 9.18 Å². The lowest BCUT2D eigenvalue weighted by molar-refractivity contribution is -0.114. The quantitative estimate of drug-likeness (QED) is 0.571. The van der Waals surface area contributed by atoms with Crippen molar-refractivity contribution in [3.63, 3.8) is 0 Å². The number of aromatic nitrogens is 2. The summed E-state index contributed by atoms with van der Waals surface area (Å²) in [4.78, 5) is 20.1. The van der Waals surface area contributed by atoms with E-state index in [2.05, 4.69) is 25.9 Å². The summed E-state index contributed by atoms with van der Waals surface area (Å²) in [5.41, 5.74) is 3.37. The molecule has 2 aromatic carbocycles. The molecule has 0 aliphatic rings. The second-order valence-corrected chi connectivity index (χ2v) is 6.41. The lowest BCUT2D eigenvalue weighted by atomic mass is 10.1. The first kappa shape index (κ1) is 19.3. The number of halogens is 1. The van der Waals surface area contributed by atoms with Gasteiger partial charge in [0.25, 0.3) is 0 Å². The average molecular weight is 379 g/mol. The van der Waals surface area contributed by atoms with Gasteiger partial charge in [-0.05, 0) is 49.2 Å². The van der Waals surface area contributed by atoms with Gasteiger partial charge in [-0.25, -0.2) is 9.37 Å². The molecule has 0 radical (unpaired) electrons. The number of nitrogens with one attached hydrogen (secondary N) is 3. The molecule has 6 nitrogen and oxygen atoms in total. The van der Waals surface area contributed by atoms with Crippen molar-refractivity contribution in [3.05, 3.63) is 71.7 Å². The fourth-order valence-electron chi connectivity index (χ4n) is 2.71. The van der Waals surface area contributed by atoms with Crippen LogP contribution in [0.5, 0.6) is 0 Å². The minimum Gasteiger partial charge on any atom is -0.354 e. The molecule has 3 aromatic rings. The van der Waals surface area contributed by atoms with Crippen molar-refractivity contribution in [2.75, 3.05) is 22.5 Å². The van der Waals surface area contributed by atoms with Crippen LogP contribution in [-0.2, 0) is 11.2 Å². The number of hydrogen-bond donors (Lipinski definition) is 3. The Morgan fingerprint density at radius 3 is 2.54 bits per heavy atom. The van der Waals surface area contributed by atoms with Crippen LogP contribution >= 0.6 is 0 Å². The predicted octanol–water partition coefficient (Wildman–Crippen LogP) is 4.28. The van der Waals surface area contributed by atoms with E-state index in [1.54, 1.807) is 12.1 Å². The third-order valence-electron chi connectivity index (χ3n) is 3.92. The number of aryl methyl sites for hydroxylation is 1. The van der Waals surface area contributed by atoms with Gasteiger partial charge in [-0.1, -0.05) is 18.2 Å². The Morgan fingerprint density at radius 1 is 1.04 bits per heavy atom. The largest absolute Gasteiger partial charge is 0.354 e. The molecule has 0 unspecified atom stereocenters. The highest BCUT2D eigenvalue weighted by molar-refractivity contribution is 5.89. The number of nitrogens with zero attached hydrogens (tertiary/aromatic N) is 2. The van der Waals surface area contributed by atoms with Gasteiger partial charge in [0, 0.05) is 36.6 Å². The average Bonchev–Trinajstić information content (AvgIpc) is 2.63. The van der Waals surface area contributed by atoms with Gasteiger partial charge in [-0.3, -0.25) is 4.79 Å². The SMILES string of the molecule is CC(=O)Nc1cccc(Nc2cc(C)nc(NCCc3ccc(F)cc3)n2)c1. The fraction of sp³-hybridized carbons (Fsp3) is 0.190. The van der Waals surface area contributed by atoms with Crippen LogP contribution in [0, 0.1) is 12.7 Å². The molecule has 0 fully saturated rings. The third-order valence-corrected chi connectivity index (χ3v) is 3.92. The van der Waals surface area contributed by atoms with Crippen LogP contribution in [0.2, 0.25) is 0 Å². The number of benzene rings is 2. The van der Waals surface area contributed by atoms with E-state index in [0.717, 1.165) is 23.4 Å². The molecule has 0 aliphatic carbocycles. The number of hydrogen-bond acceptors (Lipinski definition) is 5. The van der Waals surface area contributed by atoms with Crippen molar-refractivity contribution in [3.8, 4) is 0 Å². The molecule has 3 rings (SSSR count). The molecule has 0 bridgehead atoms. The number of carbonyl (C=O) groups is 1. The standard InChI is InChI=1S/C21H22FN5O/c1-14-12-20(26-19-5-3-4-18(13-19)25-15(2)28)27-21(24-14)23-11-10-16-6-8-17(22)9-7-16/h3-9,12-13H,10-11H2,1-2H3,(H,25,28)(H2,23,24,26,27). The Balaban J connectivity index is 1.64. The second-order valence-electron chi connectivity index (χ2n) is 6.41. The van der Waals surface area contributed by atoms with E-state index in [-0.39, 0.29) is 11.7 Å². The minimum atomic E-state index is -0.239. The fourth-order valence-corrected chi connectivity index (χ4v) is 2.71. The van der Waals surface area contributed by atoms with Crippen LogP contribution < -0.4 is 16.0 Å². The van der Waals surface area contributed by atoms with Gasteiger partial charge in [0.15, 0.2) is 0 Å². The maximum atomic E-state index is 13.0. The number of anilines is 4. The number of amides is 1. The highest BCUT2D eigenvalue weighted by Crippen LogP contribution is 2.20. The van der Waals surface area contributed by atoms with Gasteiger partial charge >= 0.3 is 0 Å². The number of carbonyl (C=O) groups excluding carboxylic acids is 1. The zero-order valence-corrected chi connectivity index (χ0v) is 15.8. The lowest BCUT2D eigenvalue weighted by Gasteiger charge is -2.11. The molecule has 1 aromatic heterocycles. The van der Waals surface area contributed by atoms with E-state index >= 15 is 0 Å². The van der Waals surface area contributed by atoms with Crippen LogP contribution in [0.25, 0.3) is 0 Å². The number of rotatable bonds is 7. The minimum absolute atomic E-state index is 0.123. The first-order chi connectivity index (χ1) is 13.5. The molecule has 0 saturated carbocycles. The molecule has 0 atom stereocenters. The van der Waals surface area contributed by atoms with Crippen molar-refractivity contribution >= 4 is 29.0 Å². The Morgan fingerprint density at radius 2 is 1.79 bits per heavy atom. The molecule has 28 heavy (non-hydrogen) atoms. The Bertz CT molecular complexity index is 959. The van der Waals surface area contributed by atoms with E-state index in [0.29, 0.717) is 24.0 Å². The zero-order chi connectivity index (χ0) is 19.9. The maximum absolute atomic E-state index is 13.0. The Hall–Kier alpha value is -3.48. The smallest absolute Gasteiger partial charge is 0.224 e. The summed E-state index contributed by atoms with van der Waals surface area (Å²) in [6.07, 6.45) is 0.735. The molecule has 7 heteroatoms. The monoisotopic (exact) mass is 379 g/mol. The summed E-state index contributed by atoms with van der Waals surface area (Å²) in [6.45, 7) is 4.00. The van der Waals surface area contributed by atoms with Crippen molar-refractivity contribution in [2.24, 2.45) is 0 Å². The maximum Gasteiger partial charge on any atom is 0.224 e. The predicted molar refractivity (Wildman–Crippen MR) is 109 cm³/mol. The molecule has 144 valence electrons. The normalized spacial score (nSPS) is 10.4. The van der Waals surface area contributed by atoms with Crippen molar-refractivity contribution in [1.29, 1.82) is 0 Å². The van der Waals surface area contributed by atoms with Crippen LogP contribution in [0.3, 0.4) is 0 Å². The van der Waals surface area contributed by atoms with Gasteiger partial charge < -0.3 is 16.0 Å². The van der Waals surface area contributed by atoms with E-state index in [1.807, 2.05) is 37.3 Å². The summed E-state index contributed by atoms with van der Waals surface area (Å²) in [6, 6.07) is 15.7. The van der Waals surface area contributed by atoms with Gasteiger partial charge in [-0.2, -0.15) is 4.98 Å². The van der Waals surface area contributed by atoms with E-state index < -0.39 is 0 Å². The molecule has 0 aliphatic heterocycles. The molecular weight excluding hydrogens is 357 g/mol. The highest BCUT2D eigenvalue weighted by atomic mass is 19.1. The van der Waals surface area contributed by atoms with Gasteiger partial charge in [-0.15, -0.1) is 0 Å². The first-order valence-electron chi connectivity index (χ1n) is 8.96. The molecule has 0 spiro atoms. The molecule has 3 N–H and O–H groups in total. The Labute approximate surface area is 163 Å². The lowest BCUT2D eigenvalue weighted by Crippen LogP contribution is -2.10. The van der Waals surface area contributed by atoms with Gasteiger partial charge in [0.2, 0.25) is 11.9 Å². The molecular formula is C21H22FN5O. The molecule has 0 saturated heterocycles. The zero-order valence-electron chi connectivity index (χ0n) is 15.8. The molecule has 1 heterocycles.